The van der Waals surface area contributed by atoms with Crippen molar-refractivity contribution in [2.24, 2.45) is 7.05 Å². The molecule has 0 radical (unpaired) electrons. The maximum absolute atomic E-state index is 13.3. The Bertz CT molecular complexity index is 753. The van der Waals surface area contributed by atoms with E-state index < -0.39 is 10.0 Å². The standard InChI is InChI=1S/C18H29N3O3S/c1-14-16(18(22)20-10-6-4-5-7-11-20)17(15(2)19(14)3)25(23,24)21-12-8-9-13-21/h4-13H2,1-3H3. The van der Waals surface area contributed by atoms with E-state index in [1.54, 1.807) is 6.92 Å². The first-order valence-electron chi connectivity index (χ1n) is 9.31. The van der Waals surface area contributed by atoms with Crippen LogP contribution in [0.15, 0.2) is 4.90 Å². The first-order valence-corrected chi connectivity index (χ1v) is 10.7. The van der Waals surface area contributed by atoms with Gasteiger partial charge in [-0.25, -0.2) is 8.42 Å². The van der Waals surface area contributed by atoms with E-state index in [0.717, 1.165) is 57.3 Å². The zero-order valence-corrected chi connectivity index (χ0v) is 16.4. The maximum Gasteiger partial charge on any atom is 0.257 e. The monoisotopic (exact) mass is 367 g/mol. The molecular weight excluding hydrogens is 338 g/mol. The van der Waals surface area contributed by atoms with Crippen molar-refractivity contribution in [1.82, 2.24) is 13.8 Å². The minimum Gasteiger partial charge on any atom is -0.350 e. The van der Waals surface area contributed by atoms with Crippen LogP contribution in [0.4, 0.5) is 0 Å². The van der Waals surface area contributed by atoms with Crippen LogP contribution in [0.2, 0.25) is 0 Å². The Labute approximate surface area is 150 Å². The van der Waals surface area contributed by atoms with Crippen molar-refractivity contribution in [3.63, 3.8) is 0 Å². The quantitative estimate of drug-likeness (QED) is 0.824. The highest BCUT2D eigenvalue weighted by Crippen LogP contribution is 2.32. The lowest BCUT2D eigenvalue weighted by Crippen LogP contribution is -2.35. The third kappa shape index (κ3) is 3.24. The molecule has 2 saturated heterocycles. The molecular formula is C18H29N3O3S. The second-order valence-electron chi connectivity index (χ2n) is 7.25. The minimum atomic E-state index is -3.63. The second-order valence-corrected chi connectivity index (χ2v) is 9.13. The van der Waals surface area contributed by atoms with E-state index >= 15 is 0 Å². The summed E-state index contributed by atoms with van der Waals surface area (Å²) in [5, 5.41) is 0. The number of sulfonamides is 1. The van der Waals surface area contributed by atoms with Gasteiger partial charge in [0.1, 0.15) is 4.90 Å². The number of carbonyl (C=O) groups is 1. The number of aromatic nitrogens is 1. The van der Waals surface area contributed by atoms with Gasteiger partial charge in [-0.1, -0.05) is 12.8 Å². The summed E-state index contributed by atoms with van der Waals surface area (Å²) in [5.74, 6) is -0.124. The van der Waals surface area contributed by atoms with Gasteiger partial charge in [-0.3, -0.25) is 4.79 Å². The van der Waals surface area contributed by atoms with E-state index in [2.05, 4.69) is 0 Å². The SMILES string of the molecule is Cc1c(C(=O)N2CCCCCC2)c(S(=O)(=O)N2CCCC2)c(C)n1C. The van der Waals surface area contributed by atoms with Gasteiger partial charge in [-0.05, 0) is 39.5 Å². The molecule has 0 aliphatic carbocycles. The molecule has 0 unspecified atom stereocenters. The van der Waals surface area contributed by atoms with Crippen molar-refractivity contribution in [3.05, 3.63) is 17.0 Å². The first kappa shape index (κ1) is 18.5. The van der Waals surface area contributed by atoms with E-state index in [-0.39, 0.29) is 10.8 Å². The fourth-order valence-corrected chi connectivity index (χ4v) is 5.97. The molecule has 1 aromatic rings. The zero-order chi connectivity index (χ0) is 18.2. The van der Waals surface area contributed by atoms with Crippen LogP contribution in [0, 0.1) is 13.8 Å². The molecule has 2 aliphatic heterocycles. The van der Waals surface area contributed by atoms with Gasteiger partial charge in [-0.15, -0.1) is 0 Å². The molecule has 140 valence electrons. The van der Waals surface area contributed by atoms with E-state index in [4.69, 9.17) is 0 Å². The average molecular weight is 368 g/mol. The molecule has 0 atom stereocenters. The van der Waals surface area contributed by atoms with Crippen molar-refractivity contribution < 1.29 is 13.2 Å². The molecule has 3 rings (SSSR count). The fraction of sp³-hybridized carbons (Fsp3) is 0.722. The summed E-state index contributed by atoms with van der Waals surface area (Å²) < 4.78 is 29.9. The normalized spacial score (nSPS) is 20.0. The summed E-state index contributed by atoms with van der Waals surface area (Å²) in [5.41, 5.74) is 1.78. The number of amides is 1. The molecule has 0 spiro atoms. The Morgan fingerprint density at radius 2 is 1.36 bits per heavy atom. The highest BCUT2D eigenvalue weighted by atomic mass is 32.2. The van der Waals surface area contributed by atoms with Gasteiger partial charge < -0.3 is 9.47 Å². The van der Waals surface area contributed by atoms with Crippen molar-refractivity contribution >= 4 is 15.9 Å². The molecule has 1 amide bonds. The number of carbonyl (C=O) groups excluding carboxylic acids is 1. The number of hydrogen-bond donors (Lipinski definition) is 0. The lowest BCUT2D eigenvalue weighted by atomic mass is 10.2. The van der Waals surface area contributed by atoms with E-state index in [1.165, 1.54) is 4.31 Å². The van der Waals surface area contributed by atoms with Gasteiger partial charge in [-0.2, -0.15) is 4.31 Å². The molecule has 0 bridgehead atoms. The van der Waals surface area contributed by atoms with Gasteiger partial charge in [0, 0.05) is 44.6 Å². The number of likely N-dealkylation sites (tertiary alicyclic amines) is 1. The summed E-state index contributed by atoms with van der Waals surface area (Å²) >= 11 is 0. The van der Waals surface area contributed by atoms with Crippen LogP contribution in [0.1, 0.15) is 60.3 Å². The molecule has 2 aliphatic rings. The Morgan fingerprint density at radius 3 is 1.92 bits per heavy atom. The molecule has 0 N–H and O–H groups in total. The zero-order valence-electron chi connectivity index (χ0n) is 15.5. The van der Waals surface area contributed by atoms with Gasteiger partial charge in [0.15, 0.2) is 0 Å². The minimum absolute atomic E-state index is 0.124. The summed E-state index contributed by atoms with van der Waals surface area (Å²) in [6, 6.07) is 0. The Morgan fingerprint density at radius 1 is 0.840 bits per heavy atom. The summed E-state index contributed by atoms with van der Waals surface area (Å²) in [6.07, 6.45) is 6.03. The van der Waals surface area contributed by atoms with E-state index in [1.807, 2.05) is 23.4 Å². The third-order valence-electron chi connectivity index (χ3n) is 5.69. The molecule has 0 aromatic carbocycles. The molecule has 3 heterocycles. The van der Waals surface area contributed by atoms with Crippen LogP contribution in [-0.2, 0) is 17.1 Å². The predicted octanol–water partition coefficient (Wildman–Crippen LogP) is 2.44. The molecule has 2 fully saturated rings. The highest BCUT2D eigenvalue weighted by Gasteiger charge is 2.37. The second kappa shape index (κ2) is 7.11. The fourth-order valence-electron chi connectivity index (χ4n) is 3.97. The number of nitrogens with zero attached hydrogens (tertiary/aromatic N) is 3. The number of rotatable bonds is 3. The van der Waals surface area contributed by atoms with Crippen LogP contribution in [0.5, 0.6) is 0 Å². The topological polar surface area (TPSA) is 62.6 Å². The lowest BCUT2D eigenvalue weighted by molar-refractivity contribution is 0.0757. The Balaban J connectivity index is 2.07. The van der Waals surface area contributed by atoms with Gasteiger partial charge in [0.25, 0.3) is 5.91 Å². The van der Waals surface area contributed by atoms with Gasteiger partial charge in [0.2, 0.25) is 10.0 Å². The van der Waals surface area contributed by atoms with Gasteiger partial charge in [0.05, 0.1) is 5.56 Å². The number of hydrogen-bond acceptors (Lipinski definition) is 3. The Hall–Kier alpha value is -1.34. The molecule has 7 heteroatoms. The van der Waals surface area contributed by atoms with Crippen LogP contribution in [0.25, 0.3) is 0 Å². The van der Waals surface area contributed by atoms with Crippen LogP contribution >= 0.6 is 0 Å². The Kier molecular flexibility index (Phi) is 5.25. The van der Waals surface area contributed by atoms with Crippen LogP contribution < -0.4 is 0 Å². The first-order chi connectivity index (χ1) is 11.9. The van der Waals surface area contributed by atoms with Crippen LogP contribution in [0.3, 0.4) is 0 Å². The van der Waals surface area contributed by atoms with E-state index in [9.17, 15) is 13.2 Å². The highest BCUT2D eigenvalue weighted by molar-refractivity contribution is 7.89. The van der Waals surface area contributed by atoms with Gasteiger partial charge >= 0.3 is 0 Å². The van der Waals surface area contributed by atoms with Crippen molar-refractivity contribution in [2.45, 2.75) is 57.3 Å². The molecule has 6 nitrogen and oxygen atoms in total. The third-order valence-corrected chi connectivity index (χ3v) is 7.75. The van der Waals surface area contributed by atoms with Crippen molar-refractivity contribution in [3.8, 4) is 0 Å². The van der Waals surface area contributed by atoms with Crippen molar-refractivity contribution in [1.29, 1.82) is 0 Å². The molecule has 0 saturated carbocycles. The van der Waals surface area contributed by atoms with Crippen molar-refractivity contribution in [2.75, 3.05) is 26.2 Å². The molecule has 1 aromatic heterocycles. The average Bonchev–Trinajstić information content (AvgIpc) is 3.09. The summed E-state index contributed by atoms with van der Waals surface area (Å²) in [4.78, 5) is 15.3. The summed E-state index contributed by atoms with van der Waals surface area (Å²) in [6.45, 7) is 6.18. The maximum atomic E-state index is 13.3. The summed E-state index contributed by atoms with van der Waals surface area (Å²) in [7, 11) is -1.79. The lowest BCUT2D eigenvalue weighted by Gasteiger charge is -2.22. The van der Waals surface area contributed by atoms with E-state index in [0.29, 0.717) is 24.3 Å². The largest absolute Gasteiger partial charge is 0.350 e. The predicted molar refractivity (Wildman–Crippen MR) is 97.3 cm³/mol. The molecule has 25 heavy (non-hydrogen) atoms. The smallest absolute Gasteiger partial charge is 0.257 e. The van der Waals surface area contributed by atoms with Crippen LogP contribution in [-0.4, -0.2) is 54.3 Å².